The van der Waals surface area contributed by atoms with Gasteiger partial charge in [-0.1, -0.05) is 34.8 Å². The third-order valence-electron chi connectivity index (χ3n) is 3.23. The Morgan fingerprint density at radius 2 is 1.71 bits per heavy atom. The average molecular weight is 408 g/mol. The highest BCUT2D eigenvalue weighted by atomic mass is 35.5. The Morgan fingerprint density at radius 1 is 1.04 bits per heavy atom. The second-order valence-electron chi connectivity index (χ2n) is 4.97. The molecule has 0 bridgehead atoms. The molecule has 2 aromatic rings. The summed E-state index contributed by atoms with van der Waals surface area (Å²) in [6.07, 6.45) is 1.07. The molecule has 2 rings (SSSR count). The zero-order valence-electron chi connectivity index (χ0n) is 12.7. The summed E-state index contributed by atoms with van der Waals surface area (Å²) in [7, 11) is -2.03. The molecule has 128 valence electrons. The zero-order valence-corrected chi connectivity index (χ0v) is 15.8. The lowest BCUT2D eigenvalue weighted by molar-refractivity contribution is 0.102. The summed E-state index contributed by atoms with van der Waals surface area (Å²) in [5.74, 6) is -0.488. The molecule has 0 aliphatic carbocycles. The van der Waals surface area contributed by atoms with Gasteiger partial charge in [0.25, 0.3) is 5.91 Å². The second kappa shape index (κ2) is 7.19. The van der Waals surface area contributed by atoms with Crippen LogP contribution in [0.15, 0.2) is 36.4 Å². The van der Waals surface area contributed by atoms with Gasteiger partial charge in [0.1, 0.15) is 0 Å². The van der Waals surface area contributed by atoms with E-state index in [1.165, 1.54) is 31.3 Å². The highest BCUT2D eigenvalue weighted by Crippen LogP contribution is 2.28. The van der Waals surface area contributed by atoms with Crippen LogP contribution in [0.1, 0.15) is 10.4 Å². The number of sulfonamides is 1. The van der Waals surface area contributed by atoms with Gasteiger partial charge in [0.05, 0.1) is 33.2 Å². The second-order valence-corrected chi connectivity index (χ2v) is 8.24. The first-order valence-corrected chi connectivity index (χ1v) is 9.57. The third-order valence-corrected chi connectivity index (χ3v) is 5.32. The van der Waals surface area contributed by atoms with Crippen LogP contribution in [0.4, 0.5) is 11.4 Å². The van der Waals surface area contributed by atoms with E-state index in [1.54, 1.807) is 12.1 Å². The summed E-state index contributed by atoms with van der Waals surface area (Å²) < 4.78 is 24.2. The number of anilines is 2. The van der Waals surface area contributed by atoms with E-state index < -0.39 is 15.9 Å². The number of benzene rings is 2. The van der Waals surface area contributed by atoms with Gasteiger partial charge in [0, 0.05) is 12.1 Å². The zero-order chi connectivity index (χ0) is 18.1. The normalized spacial score (nSPS) is 11.2. The quantitative estimate of drug-likeness (QED) is 0.822. The monoisotopic (exact) mass is 406 g/mol. The number of amides is 1. The smallest absolute Gasteiger partial charge is 0.257 e. The molecule has 5 nitrogen and oxygen atoms in total. The predicted octanol–water partition coefficient (Wildman–Crippen LogP) is 4.29. The maximum Gasteiger partial charge on any atom is 0.257 e. The molecule has 0 fully saturated rings. The first kappa shape index (κ1) is 18.9. The fourth-order valence-electron chi connectivity index (χ4n) is 1.86. The largest absolute Gasteiger partial charge is 0.321 e. The van der Waals surface area contributed by atoms with Crippen molar-refractivity contribution in [2.45, 2.75) is 0 Å². The molecule has 0 atom stereocenters. The summed E-state index contributed by atoms with van der Waals surface area (Å²) in [5, 5.41) is 3.48. The van der Waals surface area contributed by atoms with Crippen molar-refractivity contribution in [3.05, 3.63) is 57.0 Å². The Balaban J connectivity index is 2.29. The van der Waals surface area contributed by atoms with Crippen molar-refractivity contribution in [3.8, 4) is 0 Å². The molecule has 0 saturated heterocycles. The Bertz CT molecular complexity index is 901. The van der Waals surface area contributed by atoms with Crippen molar-refractivity contribution in [1.82, 2.24) is 0 Å². The highest BCUT2D eigenvalue weighted by molar-refractivity contribution is 7.92. The van der Waals surface area contributed by atoms with E-state index in [9.17, 15) is 13.2 Å². The first-order chi connectivity index (χ1) is 11.1. The molecule has 1 N–H and O–H groups in total. The van der Waals surface area contributed by atoms with Crippen molar-refractivity contribution < 1.29 is 13.2 Å². The van der Waals surface area contributed by atoms with Crippen LogP contribution in [0.3, 0.4) is 0 Å². The molecule has 0 aliphatic heterocycles. The van der Waals surface area contributed by atoms with Gasteiger partial charge >= 0.3 is 0 Å². The standard InChI is InChI=1S/C15H13Cl3N2O3S/c1-20(24(2,22)23)10-4-5-11(13(18)8-10)15(21)19-14-7-9(16)3-6-12(14)17/h3-8H,1-2H3,(H,19,21). The summed E-state index contributed by atoms with van der Waals surface area (Å²) in [4.78, 5) is 12.3. The molecule has 0 spiro atoms. The number of hydrogen-bond donors (Lipinski definition) is 1. The SMILES string of the molecule is CN(c1ccc(C(=O)Nc2cc(Cl)ccc2Cl)c(Cl)c1)S(C)(=O)=O. The first-order valence-electron chi connectivity index (χ1n) is 6.59. The maximum absolute atomic E-state index is 12.3. The summed E-state index contributed by atoms with van der Waals surface area (Å²) in [6, 6.07) is 9.00. The number of nitrogens with zero attached hydrogens (tertiary/aromatic N) is 1. The molecule has 9 heteroatoms. The topological polar surface area (TPSA) is 66.5 Å². The van der Waals surface area contributed by atoms with Gasteiger partial charge in [-0.05, 0) is 36.4 Å². The number of rotatable bonds is 4. The lowest BCUT2D eigenvalue weighted by Gasteiger charge is -2.17. The minimum Gasteiger partial charge on any atom is -0.321 e. The Hall–Kier alpha value is -1.47. The van der Waals surface area contributed by atoms with Crippen LogP contribution in [-0.2, 0) is 10.0 Å². The van der Waals surface area contributed by atoms with E-state index >= 15 is 0 Å². The van der Waals surface area contributed by atoms with Crippen molar-refractivity contribution >= 4 is 62.1 Å². The van der Waals surface area contributed by atoms with E-state index in [1.807, 2.05) is 0 Å². The van der Waals surface area contributed by atoms with Crippen LogP contribution >= 0.6 is 34.8 Å². The third kappa shape index (κ3) is 4.33. The fraction of sp³-hybridized carbons (Fsp3) is 0.133. The number of hydrogen-bond acceptors (Lipinski definition) is 3. The Labute approximate surface area is 155 Å². The van der Waals surface area contributed by atoms with Crippen LogP contribution in [0.5, 0.6) is 0 Å². The molecule has 0 aliphatic rings. The van der Waals surface area contributed by atoms with Crippen molar-refractivity contribution in [2.24, 2.45) is 0 Å². The van der Waals surface area contributed by atoms with Gasteiger partial charge in [-0.25, -0.2) is 8.42 Å². The molecule has 0 aromatic heterocycles. The molecule has 2 aromatic carbocycles. The van der Waals surface area contributed by atoms with Crippen LogP contribution in [-0.4, -0.2) is 27.6 Å². The molecular formula is C15H13Cl3N2O3S. The minimum atomic E-state index is -3.42. The Morgan fingerprint density at radius 3 is 2.29 bits per heavy atom. The molecule has 0 unspecified atom stereocenters. The summed E-state index contributed by atoms with van der Waals surface area (Å²) >= 11 is 18.0. The minimum absolute atomic E-state index is 0.110. The predicted molar refractivity (Wildman–Crippen MR) is 99.1 cm³/mol. The van der Waals surface area contributed by atoms with E-state index in [4.69, 9.17) is 34.8 Å². The van der Waals surface area contributed by atoms with Gasteiger partial charge in [0.2, 0.25) is 10.0 Å². The van der Waals surface area contributed by atoms with Crippen molar-refractivity contribution in [2.75, 3.05) is 22.9 Å². The molecule has 0 saturated carbocycles. The Kier molecular flexibility index (Phi) is 5.65. The van der Waals surface area contributed by atoms with Gasteiger partial charge in [-0.3, -0.25) is 9.10 Å². The van der Waals surface area contributed by atoms with Gasteiger partial charge in [-0.15, -0.1) is 0 Å². The van der Waals surface area contributed by atoms with Gasteiger partial charge < -0.3 is 5.32 Å². The van der Waals surface area contributed by atoms with Crippen molar-refractivity contribution in [3.63, 3.8) is 0 Å². The van der Waals surface area contributed by atoms with E-state index in [2.05, 4.69) is 5.32 Å². The van der Waals surface area contributed by atoms with E-state index in [0.29, 0.717) is 21.4 Å². The van der Waals surface area contributed by atoms with Crippen LogP contribution in [0, 0.1) is 0 Å². The van der Waals surface area contributed by atoms with Crippen LogP contribution in [0.2, 0.25) is 15.1 Å². The molecule has 1 amide bonds. The lowest BCUT2D eigenvalue weighted by atomic mass is 10.2. The average Bonchev–Trinajstić information content (AvgIpc) is 2.49. The summed E-state index contributed by atoms with van der Waals surface area (Å²) in [6.45, 7) is 0. The number of carbonyl (C=O) groups is 1. The lowest BCUT2D eigenvalue weighted by Crippen LogP contribution is -2.25. The molecule has 0 heterocycles. The molecular weight excluding hydrogens is 395 g/mol. The molecule has 0 radical (unpaired) electrons. The van der Waals surface area contributed by atoms with Crippen LogP contribution in [0.25, 0.3) is 0 Å². The van der Waals surface area contributed by atoms with Gasteiger partial charge in [0.15, 0.2) is 0 Å². The summed E-state index contributed by atoms with van der Waals surface area (Å²) in [5.41, 5.74) is 0.876. The van der Waals surface area contributed by atoms with E-state index in [0.717, 1.165) is 10.6 Å². The maximum atomic E-state index is 12.3. The number of halogens is 3. The highest BCUT2D eigenvalue weighted by Gasteiger charge is 2.17. The fourth-order valence-corrected chi connectivity index (χ4v) is 2.95. The van der Waals surface area contributed by atoms with Crippen molar-refractivity contribution in [1.29, 1.82) is 0 Å². The number of carbonyl (C=O) groups excluding carboxylic acids is 1. The van der Waals surface area contributed by atoms with E-state index in [-0.39, 0.29) is 10.6 Å². The van der Waals surface area contributed by atoms with Gasteiger partial charge in [-0.2, -0.15) is 0 Å². The number of nitrogens with one attached hydrogen (secondary N) is 1. The molecule has 24 heavy (non-hydrogen) atoms. The van der Waals surface area contributed by atoms with Crippen LogP contribution < -0.4 is 9.62 Å².